The van der Waals surface area contributed by atoms with Crippen LogP contribution in [0.4, 0.5) is 0 Å². The highest BCUT2D eigenvalue weighted by atomic mass is 16.5. The molecule has 2 nitrogen and oxygen atoms in total. The molecule has 0 aliphatic carbocycles. The van der Waals surface area contributed by atoms with Gasteiger partial charge < -0.3 is 4.52 Å². The van der Waals surface area contributed by atoms with Crippen molar-refractivity contribution in [3.05, 3.63) is 24.4 Å². The molecule has 0 atom stereocenters. The number of aryl methyl sites for hydroxylation is 2. The zero-order valence-electron chi connectivity index (χ0n) is 6.97. The second kappa shape index (κ2) is 4.16. The van der Waals surface area contributed by atoms with Crippen molar-refractivity contribution in [3.63, 3.8) is 0 Å². The molecule has 2 heteroatoms. The van der Waals surface area contributed by atoms with Gasteiger partial charge in [-0.1, -0.05) is 19.0 Å². The van der Waals surface area contributed by atoms with Gasteiger partial charge in [-0.25, -0.2) is 0 Å². The summed E-state index contributed by atoms with van der Waals surface area (Å²) in [5.41, 5.74) is 1.03. The monoisotopic (exact) mass is 152 g/mol. The van der Waals surface area contributed by atoms with E-state index < -0.39 is 0 Å². The summed E-state index contributed by atoms with van der Waals surface area (Å²) >= 11 is 0. The fourth-order valence-corrected chi connectivity index (χ4v) is 1.02. The van der Waals surface area contributed by atoms with Crippen molar-refractivity contribution in [2.45, 2.75) is 32.6 Å². The standard InChI is InChI=1S/C9H14NO/c1-3-5-8-7-9(6-4-2)11-10-8/h7H,1,3-6H2,2H3. The highest BCUT2D eigenvalue weighted by Gasteiger charge is 2.00. The van der Waals surface area contributed by atoms with Gasteiger partial charge in [0.2, 0.25) is 0 Å². The third-order valence-corrected chi connectivity index (χ3v) is 1.54. The van der Waals surface area contributed by atoms with E-state index in [1.807, 2.05) is 6.07 Å². The highest BCUT2D eigenvalue weighted by molar-refractivity contribution is 5.05. The van der Waals surface area contributed by atoms with Gasteiger partial charge in [0.1, 0.15) is 5.76 Å². The lowest BCUT2D eigenvalue weighted by molar-refractivity contribution is 0.376. The van der Waals surface area contributed by atoms with Crippen LogP contribution in [-0.4, -0.2) is 5.16 Å². The molecular formula is C9H14NO. The molecule has 1 radical (unpaired) electrons. The predicted octanol–water partition coefficient (Wildman–Crippen LogP) is 2.39. The van der Waals surface area contributed by atoms with Gasteiger partial charge in [0.25, 0.3) is 0 Å². The van der Waals surface area contributed by atoms with E-state index in [0.29, 0.717) is 0 Å². The third kappa shape index (κ3) is 2.37. The molecule has 61 valence electrons. The SMILES string of the molecule is [CH2]CCc1cc(CCC)on1. The zero-order chi connectivity index (χ0) is 8.10. The zero-order valence-corrected chi connectivity index (χ0v) is 6.97. The molecule has 0 fully saturated rings. The average Bonchev–Trinajstić information content (AvgIpc) is 2.38. The highest BCUT2D eigenvalue weighted by Crippen LogP contribution is 2.07. The smallest absolute Gasteiger partial charge is 0.136 e. The average molecular weight is 152 g/mol. The van der Waals surface area contributed by atoms with Crippen LogP contribution < -0.4 is 0 Å². The normalized spacial score (nSPS) is 10.4. The molecule has 1 aromatic heterocycles. The fraction of sp³-hybridized carbons (Fsp3) is 0.556. The van der Waals surface area contributed by atoms with Crippen LogP contribution in [0.1, 0.15) is 31.2 Å². The molecule has 11 heavy (non-hydrogen) atoms. The molecule has 0 amide bonds. The molecule has 0 saturated carbocycles. The first-order valence-corrected chi connectivity index (χ1v) is 4.10. The van der Waals surface area contributed by atoms with Crippen molar-refractivity contribution < 1.29 is 4.52 Å². The first kappa shape index (κ1) is 8.31. The number of rotatable bonds is 4. The lowest BCUT2D eigenvalue weighted by Crippen LogP contribution is -1.80. The first-order valence-electron chi connectivity index (χ1n) is 4.10. The number of nitrogens with zero attached hydrogens (tertiary/aromatic N) is 1. The van der Waals surface area contributed by atoms with Crippen molar-refractivity contribution >= 4 is 0 Å². The van der Waals surface area contributed by atoms with Crippen molar-refractivity contribution in [1.82, 2.24) is 5.16 Å². The molecular weight excluding hydrogens is 138 g/mol. The van der Waals surface area contributed by atoms with Gasteiger partial charge in [-0.2, -0.15) is 0 Å². The van der Waals surface area contributed by atoms with Crippen LogP contribution in [0.3, 0.4) is 0 Å². The number of aromatic nitrogens is 1. The van der Waals surface area contributed by atoms with Crippen molar-refractivity contribution in [2.75, 3.05) is 0 Å². The van der Waals surface area contributed by atoms with Gasteiger partial charge in [-0.05, 0) is 19.3 Å². The van der Waals surface area contributed by atoms with E-state index >= 15 is 0 Å². The predicted molar refractivity (Wildman–Crippen MR) is 44.2 cm³/mol. The maximum Gasteiger partial charge on any atom is 0.136 e. The maximum atomic E-state index is 5.08. The molecule has 0 N–H and O–H groups in total. The Hall–Kier alpha value is -0.790. The summed E-state index contributed by atoms with van der Waals surface area (Å²) in [6.45, 7) is 5.88. The summed E-state index contributed by atoms with van der Waals surface area (Å²) in [6, 6.07) is 2.02. The Morgan fingerprint density at radius 3 is 3.00 bits per heavy atom. The van der Waals surface area contributed by atoms with Gasteiger partial charge >= 0.3 is 0 Å². The topological polar surface area (TPSA) is 26.0 Å². The lowest BCUT2D eigenvalue weighted by atomic mass is 10.2. The summed E-state index contributed by atoms with van der Waals surface area (Å²) in [5.74, 6) is 0.996. The van der Waals surface area contributed by atoms with Crippen LogP contribution in [0.2, 0.25) is 0 Å². The van der Waals surface area contributed by atoms with Crippen LogP contribution in [0, 0.1) is 6.92 Å². The quantitative estimate of drug-likeness (QED) is 0.662. The van der Waals surface area contributed by atoms with E-state index in [4.69, 9.17) is 4.52 Å². The fourth-order valence-electron chi connectivity index (χ4n) is 1.02. The van der Waals surface area contributed by atoms with Crippen LogP contribution in [0.25, 0.3) is 0 Å². The lowest BCUT2D eigenvalue weighted by Gasteiger charge is -1.85. The van der Waals surface area contributed by atoms with E-state index in [1.165, 1.54) is 0 Å². The van der Waals surface area contributed by atoms with Gasteiger partial charge in [0.15, 0.2) is 0 Å². The van der Waals surface area contributed by atoms with Crippen molar-refractivity contribution in [1.29, 1.82) is 0 Å². The number of hydrogen-bond acceptors (Lipinski definition) is 2. The number of hydrogen-bond donors (Lipinski definition) is 0. The molecule has 0 saturated heterocycles. The minimum Gasteiger partial charge on any atom is -0.361 e. The summed E-state index contributed by atoms with van der Waals surface area (Å²) in [4.78, 5) is 0. The van der Waals surface area contributed by atoms with Gasteiger partial charge in [0, 0.05) is 12.5 Å². The molecule has 1 rings (SSSR count). The van der Waals surface area contributed by atoms with Crippen LogP contribution in [0.5, 0.6) is 0 Å². The Labute approximate surface area is 67.6 Å². The van der Waals surface area contributed by atoms with Crippen LogP contribution >= 0.6 is 0 Å². The molecule has 0 aliphatic heterocycles. The third-order valence-electron chi connectivity index (χ3n) is 1.54. The Balaban J connectivity index is 2.51. The van der Waals surface area contributed by atoms with E-state index in [9.17, 15) is 0 Å². The Kier molecular flexibility index (Phi) is 3.14. The Bertz CT molecular complexity index is 185. The first-order chi connectivity index (χ1) is 5.36. The van der Waals surface area contributed by atoms with Gasteiger partial charge in [-0.3, -0.25) is 0 Å². The van der Waals surface area contributed by atoms with E-state index in [2.05, 4.69) is 19.0 Å². The summed E-state index contributed by atoms with van der Waals surface area (Å²) < 4.78 is 5.08. The van der Waals surface area contributed by atoms with Crippen molar-refractivity contribution in [3.8, 4) is 0 Å². The van der Waals surface area contributed by atoms with Crippen LogP contribution in [0.15, 0.2) is 10.6 Å². The molecule has 0 aromatic carbocycles. The molecule has 0 spiro atoms. The molecule has 1 aromatic rings. The van der Waals surface area contributed by atoms with E-state index in [1.54, 1.807) is 0 Å². The largest absolute Gasteiger partial charge is 0.361 e. The van der Waals surface area contributed by atoms with Crippen LogP contribution in [-0.2, 0) is 12.8 Å². The van der Waals surface area contributed by atoms with Gasteiger partial charge in [-0.15, -0.1) is 0 Å². The summed E-state index contributed by atoms with van der Waals surface area (Å²) in [6.07, 6.45) is 3.91. The minimum absolute atomic E-state index is 0.887. The summed E-state index contributed by atoms with van der Waals surface area (Å²) in [7, 11) is 0. The molecule has 0 bridgehead atoms. The second-order valence-corrected chi connectivity index (χ2v) is 2.64. The van der Waals surface area contributed by atoms with Crippen molar-refractivity contribution in [2.24, 2.45) is 0 Å². The van der Waals surface area contributed by atoms with Gasteiger partial charge in [0.05, 0.1) is 5.69 Å². The Morgan fingerprint density at radius 1 is 1.55 bits per heavy atom. The van der Waals surface area contributed by atoms with E-state index in [0.717, 1.165) is 37.1 Å². The second-order valence-electron chi connectivity index (χ2n) is 2.64. The molecule has 1 heterocycles. The van der Waals surface area contributed by atoms with E-state index in [-0.39, 0.29) is 0 Å². The minimum atomic E-state index is 0.887. The molecule has 0 aliphatic rings. The Morgan fingerprint density at radius 2 is 2.36 bits per heavy atom. The molecule has 0 unspecified atom stereocenters. The summed E-state index contributed by atoms with van der Waals surface area (Å²) in [5, 5.41) is 3.91. The maximum absolute atomic E-state index is 5.08.